The molecule has 4 amide bonds. The lowest BCUT2D eigenvalue weighted by molar-refractivity contribution is -0.136. The molecular formula is C22H38N4O4. The van der Waals surface area contributed by atoms with Crippen molar-refractivity contribution in [2.75, 3.05) is 39.4 Å². The zero-order valence-corrected chi connectivity index (χ0v) is 19.0. The van der Waals surface area contributed by atoms with Gasteiger partial charge in [0.1, 0.15) is 12.1 Å². The Morgan fingerprint density at radius 3 is 2.50 bits per heavy atom. The van der Waals surface area contributed by atoms with E-state index in [1.807, 2.05) is 6.92 Å². The fraction of sp³-hybridized carbons (Fsp3) is 0.864. The number of nitrogens with zero attached hydrogens (tertiary/aromatic N) is 2. The van der Waals surface area contributed by atoms with Gasteiger partial charge in [-0.15, -0.1) is 0 Å². The predicted molar refractivity (Wildman–Crippen MR) is 114 cm³/mol. The highest BCUT2D eigenvalue weighted by atomic mass is 16.5. The van der Waals surface area contributed by atoms with Crippen molar-refractivity contribution in [3.8, 4) is 0 Å². The first kappa shape index (κ1) is 23.0. The van der Waals surface area contributed by atoms with Crippen molar-refractivity contribution in [1.82, 2.24) is 20.4 Å². The molecule has 8 nitrogen and oxygen atoms in total. The maximum absolute atomic E-state index is 13.1. The van der Waals surface area contributed by atoms with E-state index in [2.05, 4.69) is 36.3 Å². The standard InChI is InChI=1S/C22H38N4O4/c1-5-21(3,4)17-6-8-22(9-7-17)19(28)26(20(29)24-22)15-18(27)23-16(2)14-25-10-12-30-13-11-25/h16-17H,5-15H2,1-4H3,(H,23,27)(H,24,29). The zero-order valence-electron chi connectivity index (χ0n) is 19.0. The molecule has 3 fully saturated rings. The Hall–Kier alpha value is -1.67. The van der Waals surface area contributed by atoms with Gasteiger partial charge in [0.05, 0.1) is 13.2 Å². The Labute approximate surface area is 180 Å². The molecule has 2 aliphatic heterocycles. The second kappa shape index (κ2) is 9.22. The molecule has 1 atom stereocenters. The molecule has 2 heterocycles. The number of ether oxygens (including phenoxy) is 1. The molecule has 0 bridgehead atoms. The third kappa shape index (κ3) is 4.97. The van der Waals surface area contributed by atoms with Crippen LogP contribution in [0.4, 0.5) is 4.79 Å². The Kier molecular flexibility index (Phi) is 7.07. The summed E-state index contributed by atoms with van der Waals surface area (Å²) in [5.74, 6) is 0.0181. The summed E-state index contributed by atoms with van der Waals surface area (Å²) in [6.45, 7) is 12.3. The maximum Gasteiger partial charge on any atom is 0.325 e. The Bertz CT molecular complexity index is 652. The van der Waals surface area contributed by atoms with Crippen molar-refractivity contribution in [2.45, 2.75) is 71.4 Å². The molecule has 0 radical (unpaired) electrons. The quantitative estimate of drug-likeness (QED) is 0.610. The fourth-order valence-corrected chi connectivity index (χ4v) is 5.02. The molecule has 3 aliphatic rings. The van der Waals surface area contributed by atoms with Crippen LogP contribution in [-0.4, -0.2) is 78.6 Å². The molecule has 1 unspecified atom stereocenters. The van der Waals surface area contributed by atoms with E-state index < -0.39 is 11.6 Å². The van der Waals surface area contributed by atoms with E-state index in [-0.39, 0.29) is 29.8 Å². The van der Waals surface area contributed by atoms with E-state index in [0.29, 0.717) is 32.0 Å². The summed E-state index contributed by atoms with van der Waals surface area (Å²) < 4.78 is 5.34. The number of nitrogens with one attached hydrogen (secondary N) is 2. The van der Waals surface area contributed by atoms with E-state index >= 15 is 0 Å². The second-order valence-electron chi connectivity index (χ2n) is 9.90. The highest BCUT2D eigenvalue weighted by molar-refractivity contribution is 6.09. The number of carbonyl (C=O) groups excluding carboxylic acids is 3. The summed E-state index contributed by atoms with van der Waals surface area (Å²) >= 11 is 0. The van der Waals surface area contributed by atoms with Gasteiger partial charge in [0.2, 0.25) is 5.91 Å². The van der Waals surface area contributed by atoms with Gasteiger partial charge in [0, 0.05) is 25.7 Å². The molecule has 1 aliphatic carbocycles. The molecule has 0 aromatic heterocycles. The lowest BCUT2D eigenvalue weighted by atomic mass is 9.65. The van der Waals surface area contributed by atoms with Crippen LogP contribution in [0.5, 0.6) is 0 Å². The summed E-state index contributed by atoms with van der Waals surface area (Å²) in [6, 6.07) is -0.499. The van der Waals surface area contributed by atoms with Gasteiger partial charge in [-0.05, 0) is 43.9 Å². The van der Waals surface area contributed by atoms with Crippen LogP contribution in [0.25, 0.3) is 0 Å². The largest absolute Gasteiger partial charge is 0.379 e. The van der Waals surface area contributed by atoms with Crippen molar-refractivity contribution in [3.05, 3.63) is 0 Å². The molecule has 30 heavy (non-hydrogen) atoms. The van der Waals surface area contributed by atoms with E-state index in [9.17, 15) is 14.4 Å². The minimum atomic E-state index is -0.822. The number of amides is 4. The number of morpholine rings is 1. The van der Waals surface area contributed by atoms with Gasteiger partial charge in [0.15, 0.2) is 0 Å². The highest BCUT2D eigenvalue weighted by Gasteiger charge is 2.53. The van der Waals surface area contributed by atoms with Crippen LogP contribution in [0, 0.1) is 11.3 Å². The zero-order chi connectivity index (χ0) is 21.9. The van der Waals surface area contributed by atoms with Gasteiger partial charge in [-0.3, -0.25) is 19.4 Å². The van der Waals surface area contributed by atoms with Gasteiger partial charge in [-0.1, -0.05) is 27.2 Å². The summed E-state index contributed by atoms with van der Waals surface area (Å²) in [5.41, 5.74) is -0.583. The van der Waals surface area contributed by atoms with Crippen molar-refractivity contribution in [3.63, 3.8) is 0 Å². The first-order valence-electron chi connectivity index (χ1n) is 11.4. The molecule has 1 spiro atoms. The molecule has 0 aromatic carbocycles. The molecule has 8 heteroatoms. The normalized spacial score (nSPS) is 29.2. The smallest absolute Gasteiger partial charge is 0.325 e. The summed E-state index contributed by atoms with van der Waals surface area (Å²) in [6.07, 6.45) is 4.24. The SMILES string of the molecule is CCC(C)(C)C1CCC2(CC1)NC(=O)N(CC(=O)NC(C)CN1CCOCC1)C2=O. The third-order valence-corrected chi connectivity index (χ3v) is 7.45. The van der Waals surface area contributed by atoms with Crippen molar-refractivity contribution < 1.29 is 19.1 Å². The number of carbonyl (C=O) groups is 3. The summed E-state index contributed by atoms with van der Waals surface area (Å²) in [5, 5.41) is 5.84. The number of imide groups is 1. The number of hydrogen-bond acceptors (Lipinski definition) is 5. The summed E-state index contributed by atoms with van der Waals surface area (Å²) in [4.78, 5) is 41.5. The second-order valence-corrected chi connectivity index (χ2v) is 9.90. The van der Waals surface area contributed by atoms with Gasteiger partial charge in [-0.2, -0.15) is 0 Å². The van der Waals surface area contributed by atoms with Crippen molar-refractivity contribution >= 4 is 17.8 Å². The molecule has 2 saturated heterocycles. The number of urea groups is 1. The van der Waals surface area contributed by atoms with Crippen molar-refractivity contribution in [2.24, 2.45) is 11.3 Å². The Morgan fingerprint density at radius 1 is 1.27 bits per heavy atom. The maximum atomic E-state index is 13.1. The monoisotopic (exact) mass is 422 g/mol. The van der Waals surface area contributed by atoms with E-state index in [1.165, 1.54) is 0 Å². The van der Waals surface area contributed by atoms with Crippen LogP contribution in [0.3, 0.4) is 0 Å². The first-order valence-corrected chi connectivity index (χ1v) is 11.4. The lowest BCUT2D eigenvalue weighted by Crippen LogP contribution is -2.51. The molecule has 2 N–H and O–H groups in total. The number of hydrogen-bond donors (Lipinski definition) is 2. The van der Waals surface area contributed by atoms with Crippen LogP contribution in [0.1, 0.15) is 59.8 Å². The average molecular weight is 423 g/mol. The van der Waals surface area contributed by atoms with Crippen LogP contribution in [0.2, 0.25) is 0 Å². The first-order chi connectivity index (χ1) is 14.2. The van der Waals surface area contributed by atoms with Crippen molar-refractivity contribution in [1.29, 1.82) is 0 Å². The minimum Gasteiger partial charge on any atom is -0.379 e. The molecular weight excluding hydrogens is 384 g/mol. The topological polar surface area (TPSA) is 91.0 Å². The Balaban J connectivity index is 1.52. The van der Waals surface area contributed by atoms with Crippen LogP contribution in [0.15, 0.2) is 0 Å². The lowest BCUT2D eigenvalue weighted by Gasteiger charge is -2.42. The molecule has 1 saturated carbocycles. The minimum absolute atomic E-state index is 0.0583. The average Bonchev–Trinajstić information content (AvgIpc) is 2.93. The summed E-state index contributed by atoms with van der Waals surface area (Å²) in [7, 11) is 0. The van der Waals surface area contributed by atoms with E-state index in [1.54, 1.807) is 0 Å². The van der Waals surface area contributed by atoms with E-state index in [0.717, 1.165) is 43.8 Å². The molecule has 170 valence electrons. The van der Waals surface area contributed by atoms with Crippen LogP contribution < -0.4 is 10.6 Å². The van der Waals surface area contributed by atoms with E-state index in [4.69, 9.17) is 4.74 Å². The Morgan fingerprint density at radius 2 is 1.90 bits per heavy atom. The molecule has 3 rings (SSSR count). The van der Waals surface area contributed by atoms with Gasteiger partial charge >= 0.3 is 6.03 Å². The van der Waals surface area contributed by atoms with Gasteiger partial charge in [-0.25, -0.2) is 4.79 Å². The number of rotatable bonds is 7. The van der Waals surface area contributed by atoms with Gasteiger partial charge < -0.3 is 15.4 Å². The molecule has 0 aromatic rings. The van der Waals surface area contributed by atoms with Crippen LogP contribution >= 0.6 is 0 Å². The predicted octanol–water partition coefficient (Wildman–Crippen LogP) is 1.74. The highest BCUT2D eigenvalue weighted by Crippen LogP contribution is 2.45. The third-order valence-electron chi connectivity index (χ3n) is 7.45. The van der Waals surface area contributed by atoms with Crippen LogP contribution in [-0.2, 0) is 14.3 Å². The van der Waals surface area contributed by atoms with Gasteiger partial charge in [0.25, 0.3) is 5.91 Å². The fourth-order valence-electron chi connectivity index (χ4n) is 5.02.